The van der Waals surface area contributed by atoms with Crippen LogP contribution in [-0.2, 0) is 16.0 Å². The van der Waals surface area contributed by atoms with Gasteiger partial charge < -0.3 is 30.2 Å². The first kappa shape index (κ1) is 28.4. The molecule has 1 fully saturated rings. The van der Waals surface area contributed by atoms with Crippen LogP contribution in [0.2, 0.25) is 0 Å². The van der Waals surface area contributed by atoms with Crippen LogP contribution in [0, 0.1) is 18.4 Å². The van der Waals surface area contributed by atoms with Crippen molar-refractivity contribution < 1.29 is 19.1 Å². The van der Waals surface area contributed by atoms with Gasteiger partial charge >= 0.3 is 0 Å². The number of carbonyl (C=O) groups excluding carboxylic acids is 3. The molecular weight excluding hydrogens is 512 g/mol. The zero-order valence-electron chi connectivity index (χ0n) is 22.9. The fourth-order valence-corrected chi connectivity index (χ4v) is 5.05. The van der Waals surface area contributed by atoms with Crippen molar-refractivity contribution in [3.8, 4) is 11.9 Å². The summed E-state index contributed by atoms with van der Waals surface area (Å²) in [4.78, 5) is 47.9. The van der Waals surface area contributed by atoms with E-state index in [0.29, 0.717) is 48.1 Å². The number of nitrogens with one attached hydrogen (secondary N) is 4. The predicted molar refractivity (Wildman–Crippen MR) is 151 cm³/mol. The van der Waals surface area contributed by atoms with Gasteiger partial charge in [0.25, 0.3) is 5.91 Å². The number of ether oxygens (including phenoxy) is 1. The second kappa shape index (κ2) is 12.9. The molecular formula is C28H34N8O4. The molecule has 0 spiro atoms. The summed E-state index contributed by atoms with van der Waals surface area (Å²) in [6.45, 7) is 3.79. The third-order valence-corrected chi connectivity index (χ3v) is 7.32. The number of aromatic nitrogens is 2. The first-order valence-electron chi connectivity index (χ1n) is 13.1. The molecule has 0 saturated carbocycles. The Labute approximate surface area is 232 Å². The second-order valence-electron chi connectivity index (χ2n) is 9.82. The number of hydrogen-bond acceptors (Lipinski definition) is 8. The van der Waals surface area contributed by atoms with Crippen LogP contribution >= 0.6 is 0 Å². The number of imidazole rings is 1. The van der Waals surface area contributed by atoms with E-state index in [2.05, 4.69) is 37.9 Å². The highest BCUT2D eigenvalue weighted by molar-refractivity contribution is 6.00. The lowest BCUT2D eigenvalue weighted by Gasteiger charge is -2.37. The smallest absolute Gasteiger partial charge is 0.251 e. The van der Waals surface area contributed by atoms with E-state index in [-0.39, 0.29) is 18.4 Å². The van der Waals surface area contributed by atoms with Gasteiger partial charge in [-0.3, -0.25) is 19.7 Å². The monoisotopic (exact) mass is 546 g/mol. The van der Waals surface area contributed by atoms with Crippen molar-refractivity contribution in [2.24, 2.45) is 0 Å². The minimum absolute atomic E-state index is 0.0804. The minimum atomic E-state index is -0.349. The molecule has 2 heterocycles. The maximum absolute atomic E-state index is 12.8. The lowest BCUT2D eigenvalue weighted by molar-refractivity contribution is -0.131. The van der Waals surface area contributed by atoms with Gasteiger partial charge in [-0.1, -0.05) is 0 Å². The Morgan fingerprint density at radius 2 is 2.05 bits per heavy atom. The van der Waals surface area contributed by atoms with Gasteiger partial charge in [0.15, 0.2) is 6.19 Å². The maximum Gasteiger partial charge on any atom is 0.251 e. The van der Waals surface area contributed by atoms with E-state index in [1.807, 2.05) is 31.3 Å². The molecule has 1 saturated heterocycles. The lowest BCUT2D eigenvalue weighted by atomic mass is 10.0. The van der Waals surface area contributed by atoms with E-state index < -0.39 is 0 Å². The van der Waals surface area contributed by atoms with E-state index >= 15 is 0 Å². The number of anilines is 2. The molecule has 0 bridgehead atoms. The Morgan fingerprint density at radius 1 is 1.27 bits per heavy atom. The molecule has 1 aliphatic rings. The zero-order valence-corrected chi connectivity index (χ0v) is 22.9. The van der Waals surface area contributed by atoms with Crippen molar-refractivity contribution in [2.45, 2.75) is 32.2 Å². The number of benzene rings is 2. The van der Waals surface area contributed by atoms with Gasteiger partial charge in [-0.2, -0.15) is 5.26 Å². The Kier molecular flexibility index (Phi) is 9.19. The normalized spacial score (nSPS) is 13.6. The molecule has 40 heavy (non-hydrogen) atoms. The Balaban J connectivity index is 1.25. The number of aryl methyl sites for hydroxylation is 1. The maximum atomic E-state index is 12.8. The molecule has 0 atom stereocenters. The van der Waals surface area contributed by atoms with Crippen LogP contribution in [-0.4, -0.2) is 84.4 Å². The number of hydrogen-bond donors (Lipinski definition) is 4. The van der Waals surface area contributed by atoms with Gasteiger partial charge in [0.1, 0.15) is 5.75 Å². The Bertz CT molecular complexity index is 1420. The molecule has 1 aromatic heterocycles. The predicted octanol–water partition coefficient (Wildman–Crippen LogP) is 2.24. The highest BCUT2D eigenvalue weighted by Crippen LogP contribution is 2.24. The van der Waals surface area contributed by atoms with Gasteiger partial charge in [0, 0.05) is 36.9 Å². The molecule has 0 unspecified atom stereocenters. The van der Waals surface area contributed by atoms with Gasteiger partial charge in [-0.05, 0) is 74.7 Å². The number of likely N-dealkylation sites (tertiary alicyclic amines) is 1. The summed E-state index contributed by atoms with van der Waals surface area (Å²) in [7, 11) is 3.69. The quantitative estimate of drug-likeness (QED) is 0.162. The third kappa shape index (κ3) is 6.68. The van der Waals surface area contributed by atoms with Crippen LogP contribution in [0.5, 0.6) is 5.75 Å². The van der Waals surface area contributed by atoms with Crippen LogP contribution < -0.4 is 20.7 Å². The van der Waals surface area contributed by atoms with Crippen LogP contribution in [0.1, 0.15) is 34.3 Å². The molecule has 12 heteroatoms. The number of nitriles is 1. The summed E-state index contributed by atoms with van der Waals surface area (Å²) in [5.74, 6) is 0.586. The van der Waals surface area contributed by atoms with E-state index in [0.717, 1.165) is 48.4 Å². The van der Waals surface area contributed by atoms with Crippen LogP contribution in [0.3, 0.4) is 0 Å². The van der Waals surface area contributed by atoms with Crippen LogP contribution in [0.25, 0.3) is 11.0 Å². The fourth-order valence-electron chi connectivity index (χ4n) is 5.05. The average Bonchev–Trinajstić information content (AvgIpc) is 3.38. The Morgan fingerprint density at radius 3 is 2.75 bits per heavy atom. The van der Waals surface area contributed by atoms with E-state index in [9.17, 15) is 14.4 Å². The molecule has 4 rings (SSSR count). The van der Waals surface area contributed by atoms with E-state index in [1.165, 1.54) is 0 Å². The van der Waals surface area contributed by atoms with Crippen molar-refractivity contribution in [3.05, 3.63) is 47.0 Å². The summed E-state index contributed by atoms with van der Waals surface area (Å²) in [5, 5.41) is 16.7. The highest BCUT2D eigenvalue weighted by Gasteiger charge is 2.25. The number of aromatic amines is 1. The standard InChI is InChI=1S/C28H34N8O4/c1-18-12-20(14-24-26(18)34-28(33-24)31-16-29)27(39)30-15-25(38)36-10-7-21(8-11-36)35(2)9-6-19-13-22(40-3)4-5-23(19)32-17-37/h4-5,12-14,17,21H,6-11,15H2,1-3H3,(H,30,39)(H,32,37)(H2,31,33,34). The fraction of sp³-hybridized carbons (Fsp3) is 0.393. The number of amides is 3. The Hall–Kier alpha value is -4.63. The number of piperidine rings is 1. The van der Waals surface area contributed by atoms with Gasteiger partial charge in [0.2, 0.25) is 18.3 Å². The molecule has 1 aliphatic heterocycles. The first-order valence-corrected chi connectivity index (χ1v) is 13.1. The molecule has 210 valence electrons. The van der Waals surface area contributed by atoms with Crippen molar-refractivity contribution in [1.29, 1.82) is 5.26 Å². The number of likely N-dealkylation sites (N-methyl/N-ethyl adjacent to an activating group) is 1. The molecule has 4 N–H and O–H groups in total. The molecule has 0 radical (unpaired) electrons. The van der Waals surface area contributed by atoms with Crippen molar-refractivity contribution >= 4 is 40.9 Å². The minimum Gasteiger partial charge on any atom is -0.497 e. The number of carbonyl (C=O) groups is 3. The van der Waals surface area contributed by atoms with Gasteiger partial charge in [0.05, 0.1) is 24.7 Å². The van der Waals surface area contributed by atoms with E-state index in [1.54, 1.807) is 24.1 Å². The molecule has 3 aromatic rings. The number of rotatable bonds is 11. The van der Waals surface area contributed by atoms with Crippen molar-refractivity contribution in [2.75, 3.05) is 51.0 Å². The SMILES string of the molecule is COc1ccc(NC=O)c(CCN(C)C2CCN(C(=O)CNC(=O)c3cc(C)c4nc(NC#N)[nH]c4c3)CC2)c1. The second-order valence-corrected chi connectivity index (χ2v) is 9.82. The summed E-state index contributed by atoms with van der Waals surface area (Å²) >= 11 is 0. The van der Waals surface area contributed by atoms with Crippen LogP contribution in [0.15, 0.2) is 30.3 Å². The highest BCUT2D eigenvalue weighted by atomic mass is 16.5. The zero-order chi connectivity index (χ0) is 28.6. The summed E-state index contributed by atoms with van der Waals surface area (Å²) in [5.41, 5.74) is 4.26. The van der Waals surface area contributed by atoms with Crippen LogP contribution in [0.4, 0.5) is 11.6 Å². The summed E-state index contributed by atoms with van der Waals surface area (Å²) in [6.07, 6.45) is 4.90. The largest absolute Gasteiger partial charge is 0.497 e. The summed E-state index contributed by atoms with van der Waals surface area (Å²) in [6, 6.07) is 9.29. The van der Waals surface area contributed by atoms with E-state index in [4.69, 9.17) is 10.00 Å². The number of fused-ring (bicyclic) bond motifs is 1. The van der Waals surface area contributed by atoms with Gasteiger partial charge in [-0.15, -0.1) is 0 Å². The topological polar surface area (TPSA) is 155 Å². The van der Waals surface area contributed by atoms with Crippen molar-refractivity contribution in [3.63, 3.8) is 0 Å². The lowest BCUT2D eigenvalue weighted by Crippen LogP contribution is -2.48. The number of H-pyrrole nitrogens is 1. The molecule has 0 aliphatic carbocycles. The third-order valence-electron chi connectivity index (χ3n) is 7.32. The number of nitrogens with zero attached hydrogens (tertiary/aromatic N) is 4. The first-order chi connectivity index (χ1) is 19.3. The van der Waals surface area contributed by atoms with Gasteiger partial charge in [-0.25, -0.2) is 4.98 Å². The summed E-state index contributed by atoms with van der Waals surface area (Å²) < 4.78 is 5.33. The number of methoxy groups -OCH3 is 1. The molecule has 12 nitrogen and oxygen atoms in total. The molecule has 2 aromatic carbocycles. The van der Waals surface area contributed by atoms with Crippen molar-refractivity contribution in [1.82, 2.24) is 25.1 Å². The average molecular weight is 547 g/mol. The molecule has 3 amide bonds.